The quantitative estimate of drug-likeness (QED) is 0.126. The lowest BCUT2D eigenvalue weighted by molar-refractivity contribution is -0.147. The number of carbonyl (C=O) groups excluding carboxylic acids is 1. The molecule has 0 saturated carbocycles. The van der Waals surface area contributed by atoms with Gasteiger partial charge in [0.1, 0.15) is 11.4 Å². The second-order valence-electron chi connectivity index (χ2n) is 11.9. The number of carbonyl (C=O) groups is 2. The van der Waals surface area contributed by atoms with E-state index in [2.05, 4.69) is 39.6 Å². The van der Waals surface area contributed by atoms with Crippen molar-refractivity contribution in [2.24, 2.45) is 5.41 Å². The smallest absolute Gasteiger partial charge is 0.309 e. The van der Waals surface area contributed by atoms with Gasteiger partial charge in [-0.2, -0.15) is 9.97 Å². The molecular weight excluding hydrogens is 586 g/mol. The highest BCUT2D eigenvalue weighted by atomic mass is 16.5. The van der Waals surface area contributed by atoms with Crippen molar-refractivity contribution in [1.29, 1.82) is 0 Å². The summed E-state index contributed by atoms with van der Waals surface area (Å²) in [5.74, 6) is -0.0921. The van der Waals surface area contributed by atoms with Gasteiger partial charge in [0.15, 0.2) is 0 Å². The number of amides is 1. The summed E-state index contributed by atoms with van der Waals surface area (Å²) in [6.07, 6.45) is 4.53. The highest BCUT2D eigenvalue weighted by Gasteiger charge is 2.27. The average molecular weight is 628 g/mol. The first-order valence-electron chi connectivity index (χ1n) is 15.3. The van der Waals surface area contributed by atoms with E-state index in [-0.39, 0.29) is 5.91 Å². The summed E-state index contributed by atoms with van der Waals surface area (Å²) in [6.45, 7) is 10.7. The van der Waals surface area contributed by atoms with Crippen molar-refractivity contribution >= 4 is 45.9 Å². The number of carboxylic acid groups (broad SMARTS) is 1. The van der Waals surface area contributed by atoms with E-state index in [1.165, 1.54) is 6.08 Å². The van der Waals surface area contributed by atoms with Crippen molar-refractivity contribution in [3.63, 3.8) is 0 Å². The summed E-state index contributed by atoms with van der Waals surface area (Å²) in [4.78, 5) is 35.5. The minimum atomic E-state index is -0.909. The van der Waals surface area contributed by atoms with Crippen LogP contribution in [0, 0.1) is 5.41 Å². The van der Waals surface area contributed by atoms with Gasteiger partial charge in [-0.05, 0) is 81.8 Å². The summed E-state index contributed by atoms with van der Waals surface area (Å²) in [7, 11) is 1.72. The minimum Gasteiger partial charge on any atom is -0.481 e. The standard InChI is InChI=1S/C34H41N7O5/c1-5-29(42)36-24-7-6-8-27(21-24)46-31-28-14-17-40(18-15-34(2,3)32(43)44)30(28)38-33(39-31)37-23-9-11-25(12-10-23)41(19-20-45-4)26-13-16-35-22-26/h5-12,14,17,21,26,35H,1,13,15-16,18-20,22H2,2-4H3,(H,36,42)(H,43,44)(H,37,38,39). The summed E-state index contributed by atoms with van der Waals surface area (Å²) in [5.41, 5.74) is 2.14. The van der Waals surface area contributed by atoms with Crippen LogP contribution in [0.25, 0.3) is 11.0 Å². The number of benzene rings is 2. The third-order valence-electron chi connectivity index (χ3n) is 8.11. The van der Waals surface area contributed by atoms with Gasteiger partial charge in [-0.15, -0.1) is 0 Å². The molecule has 4 aromatic rings. The zero-order valence-corrected chi connectivity index (χ0v) is 26.5. The Hall–Kier alpha value is -4.94. The maximum atomic E-state index is 11.8. The monoisotopic (exact) mass is 627 g/mol. The maximum absolute atomic E-state index is 11.8. The van der Waals surface area contributed by atoms with E-state index in [0.717, 1.165) is 37.4 Å². The molecule has 1 atom stereocenters. The molecule has 1 amide bonds. The van der Waals surface area contributed by atoms with Gasteiger partial charge < -0.3 is 40.0 Å². The molecular formula is C34H41N7O5. The zero-order valence-electron chi connectivity index (χ0n) is 26.5. The average Bonchev–Trinajstić information content (AvgIpc) is 3.72. The molecule has 46 heavy (non-hydrogen) atoms. The number of rotatable bonds is 15. The second kappa shape index (κ2) is 14.4. The molecule has 1 aliphatic rings. The number of aliphatic carboxylic acids is 1. The summed E-state index contributed by atoms with van der Waals surface area (Å²) in [6, 6.07) is 17.4. The maximum Gasteiger partial charge on any atom is 0.309 e. The number of aryl methyl sites for hydroxylation is 1. The second-order valence-corrected chi connectivity index (χ2v) is 11.9. The van der Waals surface area contributed by atoms with Crippen molar-refractivity contribution in [2.45, 2.75) is 39.3 Å². The number of fused-ring (bicyclic) bond motifs is 1. The van der Waals surface area contributed by atoms with Gasteiger partial charge in [0, 0.05) is 62.1 Å². The lowest BCUT2D eigenvalue weighted by Crippen LogP contribution is -2.39. The predicted molar refractivity (Wildman–Crippen MR) is 179 cm³/mol. The molecule has 12 heteroatoms. The van der Waals surface area contributed by atoms with E-state index >= 15 is 0 Å². The highest BCUT2D eigenvalue weighted by Crippen LogP contribution is 2.33. The molecule has 4 N–H and O–H groups in total. The van der Waals surface area contributed by atoms with Crippen molar-refractivity contribution in [3.05, 3.63) is 73.4 Å². The van der Waals surface area contributed by atoms with E-state index < -0.39 is 11.4 Å². The van der Waals surface area contributed by atoms with Gasteiger partial charge in [-0.1, -0.05) is 12.6 Å². The van der Waals surface area contributed by atoms with Crippen LogP contribution in [0.1, 0.15) is 26.7 Å². The van der Waals surface area contributed by atoms with Crippen LogP contribution in [0.15, 0.2) is 73.4 Å². The predicted octanol–water partition coefficient (Wildman–Crippen LogP) is 5.41. The first-order valence-corrected chi connectivity index (χ1v) is 15.3. The van der Waals surface area contributed by atoms with Crippen LogP contribution in [-0.4, -0.2) is 70.9 Å². The fourth-order valence-electron chi connectivity index (χ4n) is 5.28. The fraction of sp³-hybridized carbons (Fsp3) is 0.353. The molecule has 242 valence electrons. The molecule has 1 aliphatic heterocycles. The summed E-state index contributed by atoms with van der Waals surface area (Å²) >= 11 is 0. The molecule has 0 radical (unpaired) electrons. The molecule has 1 unspecified atom stereocenters. The minimum absolute atomic E-state index is 0.312. The normalized spacial score (nSPS) is 14.6. The van der Waals surface area contributed by atoms with Crippen LogP contribution in [0.4, 0.5) is 23.0 Å². The lowest BCUT2D eigenvalue weighted by Gasteiger charge is -2.30. The number of ether oxygens (including phenoxy) is 2. The van der Waals surface area contributed by atoms with Gasteiger partial charge in [0.25, 0.3) is 0 Å². The molecule has 2 aromatic heterocycles. The fourth-order valence-corrected chi connectivity index (χ4v) is 5.28. The molecule has 5 rings (SSSR count). The Labute approximate surface area is 268 Å². The van der Waals surface area contributed by atoms with E-state index in [0.29, 0.717) is 59.9 Å². The number of methoxy groups -OCH3 is 1. The molecule has 12 nitrogen and oxygen atoms in total. The first-order chi connectivity index (χ1) is 22.2. The largest absolute Gasteiger partial charge is 0.481 e. The van der Waals surface area contributed by atoms with Gasteiger partial charge in [0.2, 0.25) is 17.7 Å². The van der Waals surface area contributed by atoms with Gasteiger partial charge in [-0.3, -0.25) is 9.59 Å². The molecule has 2 aromatic carbocycles. The number of nitrogens with one attached hydrogen (secondary N) is 3. The van der Waals surface area contributed by atoms with Crippen LogP contribution in [0.3, 0.4) is 0 Å². The Bertz CT molecular complexity index is 1680. The molecule has 0 aliphatic carbocycles. The molecule has 1 fully saturated rings. The van der Waals surface area contributed by atoms with Gasteiger partial charge in [-0.25, -0.2) is 0 Å². The summed E-state index contributed by atoms with van der Waals surface area (Å²) < 4.78 is 13.5. The SMILES string of the molecule is C=CC(=O)Nc1cccc(Oc2nc(Nc3ccc(N(CCOC)C4CCNC4)cc3)nc3c2ccn3CCC(C)(C)C(=O)O)c1. The molecule has 1 saturated heterocycles. The van der Waals surface area contributed by atoms with E-state index in [1.54, 1.807) is 45.2 Å². The van der Waals surface area contributed by atoms with Crippen LogP contribution in [0.2, 0.25) is 0 Å². The van der Waals surface area contributed by atoms with E-state index in [4.69, 9.17) is 19.4 Å². The number of aromatic nitrogens is 3. The topological polar surface area (TPSA) is 143 Å². The Morgan fingerprint density at radius 2 is 1.98 bits per heavy atom. The lowest BCUT2D eigenvalue weighted by atomic mass is 9.90. The number of hydrogen-bond acceptors (Lipinski definition) is 9. The Morgan fingerprint density at radius 3 is 2.67 bits per heavy atom. The Balaban J connectivity index is 1.45. The van der Waals surface area contributed by atoms with Crippen molar-refractivity contribution in [2.75, 3.05) is 48.9 Å². The van der Waals surface area contributed by atoms with Gasteiger partial charge >= 0.3 is 5.97 Å². The zero-order chi connectivity index (χ0) is 32.7. The molecule has 3 heterocycles. The van der Waals surface area contributed by atoms with Gasteiger partial charge in [0.05, 0.1) is 17.4 Å². The molecule has 0 spiro atoms. The third kappa shape index (κ3) is 7.82. The number of nitrogens with zero attached hydrogens (tertiary/aromatic N) is 4. The van der Waals surface area contributed by atoms with Crippen LogP contribution >= 0.6 is 0 Å². The van der Waals surface area contributed by atoms with Crippen LogP contribution in [-0.2, 0) is 20.9 Å². The number of hydrogen-bond donors (Lipinski definition) is 4. The van der Waals surface area contributed by atoms with E-state index in [1.807, 2.05) is 29.0 Å². The van der Waals surface area contributed by atoms with Crippen LogP contribution < -0.4 is 25.6 Å². The van der Waals surface area contributed by atoms with Crippen molar-refractivity contribution in [3.8, 4) is 11.6 Å². The number of carboxylic acids is 1. The van der Waals surface area contributed by atoms with Crippen molar-refractivity contribution in [1.82, 2.24) is 19.9 Å². The Morgan fingerprint density at radius 1 is 1.17 bits per heavy atom. The van der Waals surface area contributed by atoms with Crippen LogP contribution in [0.5, 0.6) is 11.6 Å². The Kier molecular flexibility index (Phi) is 10.2. The van der Waals surface area contributed by atoms with E-state index in [9.17, 15) is 14.7 Å². The summed E-state index contributed by atoms with van der Waals surface area (Å²) in [5, 5.41) is 19.8. The number of anilines is 4. The first kappa shape index (κ1) is 32.5. The third-order valence-corrected chi connectivity index (χ3v) is 8.11. The van der Waals surface area contributed by atoms with Crippen molar-refractivity contribution < 1.29 is 24.2 Å². The highest BCUT2D eigenvalue weighted by molar-refractivity contribution is 5.99. The molecule has 0 bridgehead atoms.